The number of aromatic nitrogens is 4. The van der Waals surface area contributed by atoms with Crippen LogP contribution in [0.4, 0.5) is 0 Å². The van der Waals surface area contributed by atoms with Crippen molar-refractivity contribution in [2.75, 3.05) is 12.3 Å². The molecule has 0 radical (unpaired) electrons. The van der Waals surface area contributed by atoms with Crippen molar-refractivity contribution in [3.8, 4) is 0 Å². The van der Waals surface area contributed by atoms with Gasteiger partial charge in [-0.25, -0.2) is 0 Å². The monoisotopic (exact) mass is 369 g/mol. The summed E-state index contributed by atoms with van der Waals surface area (Å²) in [5.41, 5.74) is 0. The molecule has 0 aliphatic heterocycles. The van der Waals surface area contributed by atoms with Gasteiger partial charge in [-0.3, -0.25) is 0 Å². The van der Waals surface area contributed by atoms with Crippen LogP contribution in [0.15, 0.2) is 33.6 Å². The van der Waals surface area contributed by atoms with E-state index in [1.54, 1.807) is 7.05 Å². The number of hydrogen-bond acceptors (Lipinski definition) is 5. The molecule has 0 aliphatic rings. The van der Waals surface area contributed by atoms with Crippen molar-refractivity contribution in [2.24, 2.45) is 7.05 Å². The Balaban J connectivity index is 1.92. The van der Waals surface area contributed by atoms with Crippen molar-refractivity contribution in [3.63, 3.8) is 0 Å². The van der Waals surface area contributed by atoms with Crippen LogP contribution in [0.1, 0.15) is 19.2 Å². The van der Waals surface area contributed by atoms with Gasteiger partial charge in [0, 0.05) is 27.6 Å². The highest BCUT2D eigenvalue weighted by Crippen LogP contribution is 2.23. The highest BCUT2D eigenvalue weighted by molar-refractivity contribution is 9.10. The van der Waals surface area contributed by atoms with Gasteiger partial charge in [0.05, 0.1) is 7.05 Å². The Hall–Kier alpha value is -0.920. The third-order valence-corrected chi connectivity index (χ3v) is 4.56. The lowest BCUT2D eigenvalue weighted by Crippen LogP contribution is -2.34. The molecule has 0 bridgehead atoms. The predicted octanol–water partition coefficient (Wildman–Crippen LogP) is 2.68. The van der Waals surface area contributed by atoms with Crippen LogP contribution in [-0.2, 0) is 13.5 Å². The van der Waals surface area contributed by atoms with Gasteiger partial charge in [-0.1, -0.05) is 28.9 Å². The van der Waals surface area contributed by atoms with Crippen LogP contribution in [0.2, 0.25) is 0 Å². The van der Waals surface area contributed by atoms with Crippen molar-refractivity contribution < 1.29 is 0 Å². The van der Waals surface area contributed by atoms with Crippen LogP contribution < -0.4 is 5.32 Å². The van der Waals surface area contributed by atoms with Crippen molar-refractivity contribution >= 4 is 27.7 Å². The fraction of sp³-hybridized carbons (Fsp3) is 0.500. The normalized spacial score (nSPS) is 12.5. The maximum atomic E-state index is 4.27. The van der Waals surface area contributed by atoms with E-state index in [0.29, 0.717) is 6.04 Å². The average Bonchev–Trinajstić information content (AvgIpc) is 2.87. The Morgan fingerprint density at radius 3 is 2.95 bits per heavy atom. The van der Waals surface area contributed by atoms with Crippen LogP contribution in [0.3, 0.4) is 0 Å². The molecule has 0 amide bonds. The number of aryl methyl sites for hydroxylation is 1. The molecule has 7 heteroatoms. The zero-order valence-electron chi connectivity index (χ0n) is 12.3. The highest BCUT2D eigenvalue weighted by Gasteiger charge is 2.13. The Bertz CT molecular complexity index is 560. The predicted molar refractivity (Wildman–Crippen MR) is 89.4 cm³/mol. The fourth-order valence-electron chi connectivity index (χ4n) is 1.92. The van der Waals surface area contributed by atoms with E-state index < -0.39 is 0 Å². The summed E-state index contributed by atoms with van der Waals surface area (Å²) >= 11 is 5.35. The van der Waals surface area contributed by atoms with Gasteiger partial charge >= 0.3 is 0 Å². The summed E-state index contributed by atoms with van der Waals surface area (Å²) in [4.78, 5) is 2.77. The molecule has 1 aromatic heterocycles. The van der Waals surface area contributed by atoms with Crippen molar-refractivity contribution in [1.82, 2.24) is 25.5 Å². The molecule has 0 spiro atoms. The van der Waals surface area contributed by atoms with Gasteiger partial charge in [0.1, 0.15) is 0 Å². The average molecular weight is 370 g/mol. The molecule has 21 heavy (non-hydrogen) atoms. The molecule has 2 aromatic rings. The third-order valence-electron chi connectivity index (χ3n) is 2.91. The summed E-state index contributed by atoms with van der Waals surface area (Å²) in [6, 6.07) is 8.72. The number of tetrazole rings is 1. The molecular weight excluding hydrogens is 350 g/mol. The number of nitrogens with zero attached hydrogens (tertiary/aromatic N) is 4. The lowest BCUT2D eigenvalue weighted by atomic mass is 10.2. The van der Waals surface area contributed by atoms with Gasteiger partial charge < -0.3 is 5.32 Å². The largest absolute Gasteiger partial charge is 0.313 e. The fourth-order valence-corrected chi connectivity index (χ4v) is 3.48. The second kappa shape index (κ2) is 8.51. The molecule has 1 atom stereocenters. The molecule has 1 N–H and O–H groups in total. The summed E-state index contributed by atoms with van der Waals surface area (Å²) in [5.74, 6) is 1.77. The third kappa shape index (κ3) is 5.76. The number of hydrogen-bond donors (Lipinski definition) is 1. The Labute approximate surface area is 138 Å². The van der Waals surface area contributed by atoms with Crippen LogP contribution >= 0.6 is 27.7 Å². The number of halogens is 1. The summed E-state index contributed by atoms with van der Waals surface area (Å²) < 4.78 is 1.11. The molecule has 1 unspecified atom stereocenters. The number of benzene rings is 1. The second-order valence-electron chi connectivity index (χ2n) is 4.82. The molecular formula is C14H20BrN5S. The van der Waals surface area contributed by atoms with Gasteiger partial charge in [0.15, 0.2) is 5.82 Å². The first-order chi connectivity index (χ1) is 10.2. The second-order valence-corrected chi connectivity index (χ2v) is 6.83. The first-order valence-electron chi connectivity index (χ1n) is 7.02. The molecule has 2 rings (SSSR count). The van der Waals surface area contributed by atoms with Crippen LogP contribution in [0, 0.1) is 0 Å². The lowest BCUT2D eigenvalue weighted by molar-refractivity contribution is 0.537. The van der Waals surface area contributed by atoms with E-state index in [4.69, 9.17) is 0 Å². The van der Waals surface area contributed by atoms with Gasteiger partial charge in [-0.2, -0.15) is 4.80 Å². The SMILES string of the molecule is CCCNC(CSc1cccc(Br)c1)Cc1nnn(C)n1. The Morgan fingerprint density at radius 2 is 2.29 bits per heavy atom. The molecule has 0 aliphatic carbocycles. The zero-order chi connectivity index (χ0) is 15.1. The minimum atomic E-state index is 0.345. The smallest absolute Gasteiger partial charge is 0.176 e. The van der Waals surface area contributed by atoms with Crippen LogP contribution in [0.5, 0.6) is 0 Å². The summed E-state index contributed by atoms with van der Waals surface area (Å²) in [6.07, 6.45) is 1.92. The molecule has 1 aromatic carbocycles. The van der Waals surface area contributed by atoms with E-state index in [-0.39, 0.29) is 0 Å². The highest BCUT2D eigenvalue weighted by atomic mass is 79.9. The summed E-state index contributed by atoms with van der Waals surface area (Å²) in [5, 5.41) is 15.8. The maximum absolute atomic E-state index is 4.27. The Kier molecular flexibility index (Phi) is 6.66. The number of thioether (sulfide) groups is 1. The molecule has 5 nitrogen and oxygen atoms in total. The standard InChI is InChI=1S/C14H20BrN5S/c1-3-7-16-12(9-14-17-19-20(2)18-14)10-21-13-6-4-5-11(15)8-13/h4-6,8,12,16H,3,7,9-10H2,1-2H3. The minimum absolute atomic E-state index is 0.345. The minimum Gasteiger partial charge on any atom is -0.313 e. The molecule has 0 saturated carbocycles. The van der Waals surface area contributed by atoms with Crippen molar-refractivity contribution in [3.05, 3.63) is 34.6 Å². The maximum Gasteiger partial charge on any atom is 0.176 e. The zero-order valence-corrected chi connectivity index (χ0v) is 14.7. The summed E-state index contributed by atoms with van der Waals surface area (Å²) in [7, 11) is 1.79. The molecule has 1 heterocycles. The van der Waals surface area contributed by atoms with Crippen LogP contribution in [-0.4, -0.2) is 38.5 Å². The van der Waals surface area contributed by atoms with E-state index in [9.17, 15) is 0 Å². The van der Waals surface area contributed by atoms with E-state index >= 15 is 0 Å². The van der Waals surface area contributed by atoms with Crippen molar-refractivity contribution in [2.45, 2.75) is 30.7 Å². The first-order valence-corrected chi connectivity index (χ1v) is 8.80. The number of rotatable bonds is 8. The number of nitrogens with one attached hydrogen (secondary N) is 1. The molecule has 0 saturated heterocycles. The first kappa shape index (κ1) is 16.5. The van der Waals surface area contributed by atoms with Crippen molar-refractivity contribution in [1.29, 1.82) is 0 Å². The van der Waals surface area contributed by atoms with Gasteiger partial charge in [0.2, 0.25) is 0 Å². The summed E-state index contributed by atoms with van der Waals surface area (Å²) in [6.45, 7) is 3.18. The van der Waals surface area contributed by atoms with Gasteiger partial charge in [-0.05, 0) is 36.4 Å². The quantitative estimate of drug-likeness (QED) is 0.724. The van der Waals surface area contributed by atoms with E-state index in [1.165, 1.54) is 9.69 Å². The van der Waals surface area contributed by atoms with Crippen LogP contribution in [0.25, 0.3) is 0 Å². The topological polar surface area (TPSA) is 55.6 Å². The lowest BCUT2D eigenvalue weighted by Gasteiger charge is -2.16. The van der Waals surface area contributed by atoms with E-state index in [0.717, 1.165) is 35.4 Å². The Morgan fingerprint density at radius 1 is 1.43 bits per heavy atom. The van der Waals surface area contributed by atoms with E-state index in [1.807, 2.05) is 17.8 Å². The molecule has 0 fully saturated rings. The van der Waals surface area contributed by atoms with Gasteiger partial charge in [0.25, 0.3) is 0 Å². The van der Waals surface area contributed by atoms with Gasteiger partial charge in [-0.15, -0.1) is 22.0 Å². The molecule has 114 valence electrons. The van der Waals surface area contributed by atoms with E-state index in [2.05, 4.69) is 61.8 Å².